The van der Waals surface area contributed by atoms with E-state index in [4.69, 9.17) is 4.52 Å². The van der Waals surface area contributed by atoms with Crippen LogP contribution in [0.3, 0.4) is 0 Å². The SMILES string of the molecule is CCS(=O)(=O)N1CCC[C@@H](C(=O)NCc2nc(-c3cccc(C)c3)no2)C1. The van der Waals surface area contributed by atoms with Gasteiger partial charge in [0.2, 0.25) is 27.6 Å². The highest BCUT2D eigenvalue weighted by molar-refractivity contribution is 7.89. The number of nitrogens with one attached hydrogen (secondary N) is 1. The van der Waals surface area contributed by atoms with Crippen LogP contribution in [0, 0.1) is 12.8 Å². The van der Waals surface area contributed by atoms with Crippen molar-refractivity contribution in [2.45, 2.75) is 33.2 Å². The molecule has 0 spiro atoms. The highest BCUT2D eigenvalue weighted by Crippen LogP contribution is 2.20. The molecular formula is C18H24N4O4S. The predicted octanol–water partition coefficient (Wildman–Crippen LogP) is 1.72. The zero-order valence-corrected chi connectivity index (χ0v) is 16.3. The highest BCUT2D eigenvalue weighted by Gasteiger charge is 2.31. The maximum absolute atomic E-state index is 12.4. The van der Waals surface area contributed by atoms with Crippen LogP contribution in [0.2, 0.25) is 0 Å². The first-order valence-corrected chi connectivity index (χ1v) is 10.6. The number of benzene rings is 1. The third kappa shape index (κ3) is 4.72. The Labute approximate surface area is 159 Å². The Hall–Kier alpha value is -2.26. The molecule has 0 bridgehead atoms. The van der Waals surface area contributed by atoms with Gasteiger partial charge >= 0.3 is 0 Å². The Morgan fingerprint density at radius 3 is 2.96 bits per heavy atom. The fourth-order valence-electron chi connectivity index (χ4n) is 3.13. The maximum atomic E-state index is 12.4. The number of carbonyl (C=O) groups is 1. The predicted molar refractivity (Wildman–Crippen MR) is 100 cm³/mol. The van der Waals surface area contributed by atoms with Gasteiger partial charge in [-0.05, 0) is 32.8 Å². The van der Waals surface area contributed by atoms with Crippen LogP contribution in [0.1, 0.15) is 31.2 Å². The van der Waals surface area contributed by atoms with E-state index in [1.807, 2.05) is 31.2 Å². The van der Waals surface area contributed by atoms with E-state index in [1.54, 1.807) is 6.92 Å². The first kappa shape index (κ1) is 19.5. The van der Waals surface area contributed by atoms with Gasteiger partial charge in [0.05, 0.1) is 18.2 Å². The van der Waals surface area contributed by atoms with E-state index in [2.05, 4.69) is 15.5 Å². The molecule has 1 aromatic carbocycles. The van der Waals surface area contributed by atoms with E-state index in [0.29, 0.717) is 31.1 Å². The van der Waals surface area contributed by atoms with Crippen molar-refractivity contribution in [1.29, 1.82) is 0 Å². The summed E-state index contributed by atoms with van der Waals surface area (Å²) in [6.45, 7) is 4.41. The quantitative estimate of drug-likeness (QED) is 0.802. The average Bonchev–Trinajstić information content (AvgIpc) is 3.15. The molecule has 1 atom stereocenters. The number of aryl methyl sites for hydroxylation is 1. The van der Waals surface area contributed by atoms with Crippen LogP contribution < -0.4 is 5.32 Å². The van der Waals surface area contributed by atoms with Crippen molar-refractivity contribution >= 4 is 15.9 Å². The van der Waals surface area contributed by atoms with E-state index in [-0.39, 0.29) is 30.7 Å². The first-order valence-electron chi connectivity index (χ1n) is 9.04. The van der Waals surface area contributed by atoms with Gasteiger partial charge in [0, 0.05) is 18.7 Å². The lowest BCUT2D eigenvalue weighted by Crippen LogP contribution is -2.45. The third-order valence-corrected chi connectivity index (χ3v) is 6.52. The standard InChI is InChI=1S/C18H24N4O4S/c1-3-27(24,25)22-9-5-8-15(12-22)18(23)19-11-16-20-17(21-26-16)14-7-4-6-13(2)10-14/h4,6-7,10,15H,3,5,8-9,11-12H2,1-2H3,(H,19,23)/t15-/m1/s1. The van der Waals surface area contributed by atoms with Crippen molar-refractivity contribution in [2.75, 3.05) is 18.8 Å². The zero-order chi connectivity index (χ0) is 19.4. The molecule has 27 heavy (non-hydrogen) atoms. The van der Waals surface area contributed by atoms with Crippen LogP contribution in [0.15, 0.2) is 28.8 Å². The van der Waals surface area contributed by atoms with Gasteiger partial charge in [-0.15, -0.1) is 0 Å². The van der Waals surface area contributed by atoms with Crippen molar-refractivity contribution < 1.29 is 17.7 Å². The summed E-state index contributed by atoms with van der Waals surface area (Å²) in [5.41, 5.74) is 1.94. The van der Waals surface area contributed by atoms with E-state index in [0.717, 1.165) is 11.1 Å². The second-order valence-electron chi connectivity index (χ2n) is 6.70. The molecule has 146 valence electrons. The number of nitrogens with zero attached hydrogens (tertiary/aromatic N) is 3. The summed E-state index contributed by atoms with van der Waals surface area (Å²) in [4.78, 5) is 16.7. The second kappa shape index (κ2) is 8.18. The summed E-state index contributed by atoms with van der Waals surface area (Å²) in [5, 5.41) is 6.73. The molecule has 2 aromatic rings. The molecule has 0 saturated carbocycles. The molecule has 1 aliphatic heterocycles. The summed E-state index contributed by atoms with van der Waals surface area (Å²) in [5.74, 6) is 0.278. The zero-order valence-electron chi connectivity index (χ0n) is 15.5. The Balaban J connectivity index is 1.58. The minimum atomic E-state index is -3.27. The second-order valence-corrected chi connectivity index (χ2v) is 8.95. The van der Waals surface area contributed by atoms with Gasteiger partial charge in [-0.1, -0.05) is 28.9 Å². The van der Waals surface area contributed by atoms with Crippen molar-refractivity contribution in [3.63, 3.8) is 0 Å². The van der Waals surface area contributed by atoms with E-state index < -0.39 is 10.0 Å². The molecule has 0 aliphatic carbocycles. The Morgan fingerprint density at radius 1 is 1.41 bits per heavy atom. The molecule has 2 heterocycles. The number of aromatic nitrogens is 2. The molecule has 1 saturated heterocycles. The van der Waals surface area contributed by atoms with Crippen molar-refractivity contribution in [3.05, 3.63) is 35.7 Å². The molecular weight excluding hydrogens is 368 g/mol. The molecule has 9 heteroatoms. The fraction of sp³-hybridized carbons (Fsp3) is 0.500. The largest absolute Gasteiger partial charge is 0.347 e. The topological polar surface area (TPSA) is 105 Å². The lowest BCUT2D eigenvalue weighted by molar-refractivity contribution is -0.126. The van der Waals surface area contributed by atoms with Crippen LogP contribution in [-0.4, -0.2) is 47.6 Å². The van der Waals surface area contributed by atoms with Gasteiger partial charge in [0.15, 0.2) is 0 Å². The van der Waals surface area contributed by atoms with Crippen LogP contribution in [0.4, 0.5) is 0 Å². The van der Waals surface area contributed by atoms with Crippen LogP contribution in [0.5, 0.6) is 0 Å². The first-order chi connectivity index (χ1) is 12.9. The van der Waals surface area contributed by atoms with Gasteiger partial charge in [-0.25, -0.2) is 12.7 Å². The number of piperidine rings is 1. The summed E-state index contributed by atoms with van der Waals surface area (Å²) >= 11 is 0. The lowest BCUT2D eigenvalue weighted by atomic mass is 9.99. The molecule has 1 fully saturated rings. The number of carbonyl (C=O) groups excluding carboxylic acids is 1. The minimum absolute atomic E-state index is 0.0467. The average molecular weight is 392 g/mol. The van der Waals surface area contributed by atoms with Gasteiger partial charge in [-0.2, -0.15) is 4.98 Å². The maximum Gasteiger partial charge on any atom is 0.246 e. The number of hydrogen-bond donors (Lipinski definition) is 1. The summed E-state index contributed by atoms with van der Waals surface area (Å²) in [6.07, 6.45) is 1.34. The number of sulfonamides is 1. The molecule has 8 nitrogen and oxygen atoms in total. The fourth-order valence-corrected chi connectivity index (χ4v) is 4.31. The van der Waals surface area contributed by atoms with E-state index >= 15 is 0 Å². The molecule has 1 N–H and O–H groups in total. The normalized spacial score (nSPS) is 18.4. The third-order valence-electron chi connectivity index (χ3n) is 4.67. The number of hydrogen-bond acceptors (Lipinski definition) is 6. The van der Waals surface area contributed by atoms with Gasteiger partial charge < -0.3 is 9.84 Å². The molecule has 1 aliphatic rings. The molecule has 0 radical (unpaired) electrons. The minimum Gasteiger partial charge on any atom is -0.347 e. The van der Waals surface area contributed by atoms with Crippen LogP contribution in [-0.2, 0) is 21.4 Å². The van der Waals surface area contributed by atoms with E-state index in [1.165, 1.54) is 4.31 Å². The molecule has 1 aromatic heterocycles. The summed E-state index contributed by atoms with van der Waals surface area (Å²) < 4.78 is 30.7. The number of rotatable bonds is 6. The van der Waals surface area contributed by atoms with Crippen molar-refractivity contribution in [2.24, 2.45) is 5.92 Å². The highest BCUT2D eigenvalue weighted by atomic mass is 32.2. The molecule has 3 rings (SSSR count). The van der Waals surface area contributed by atoms with Gasteiger partial charge in [0.25, 0.3) is 0 Å². The number of amides is 1. The lowest BCUT2D eigenvalue weighted by Gasteiger charge is -2.30. The molecule has 0 unspecified atom stereocenters. The van der Waals surface area contributed by atoms with Crippen molar-refractivity contribution in [3.8, 4) is 11.4 Å². The van der Waals surface area contributed by atoms with Crippen LogP contribution >= 0.6 is 0 Å². The monoisotopic (exact) mass is 392 g/mol. The summed E-state index contributed by atoms with van der Waals surface area (Å²) in [6, 6.07) is 7.75. The summed E-state index contributed by atoms with van der Waals surface area (Å²) in [7, 11) is -3.27. The Kier molecular flexibility index (Phi) is 5.91. The molecule has 1 amide bonds. The van der Waals surface area contributed by atoms with Gasteiger partial charge in [0.1, 0.15) is 0 Å². The van der Waals surface area contributed by atoms with E-state index in [9.17, 15) is 13.2 Å². The van der Waals surface area contributed by atoms with Crippen molar-refractivity contribution in [1.82, 2.24) is 19.8 Å². The Bertz CT molecular complexity index is 910. The van der Waals surface area contributed by atoms with Crippen LogP contribution in [0.25, 0.3) is 11.4 Å². The Morgan fingerprint density at radius 2 is 2.22 bits per heavy atom. The smallest absolute Gasteiger partial charge is 0.246 e. The van der Waals surface area contributed by atoms with Gasteiger partial charge in [-0.3, -0.25) is 4.79 Å².